The third-order valence-corrected chi connectivity index (χ3v) is 3.75. The van der Waals surface area contributed by atoms with Crippen LogP contribution in [0, 0.1) is 11.3 Å². The first kappa shape index (κ1) is 13.0. The fourth-order valence-corrected chi connectivity index (χ4v) is 2.18. The Morgan fingerprint density at radius 1 is 1.33 bits per heavy atom. The van der Waals surface area contributed by atoms with Gasteiger partial charge in [0.15, 0.2) is 0 Å². The van der Waals surface area contributed by atoms with Gasteiger partial charge in [0.1, 0.15) is 0 Å². The lowest BCUT2D eigenvalue weighted by molar-refractivity contribution is 0.397. The summed E-state index contributed by atoms with van der Waals surface area (Å²) in [4.78, 5) is 0. The molecule has 3 N–H and O–H groups in total. The van der Waals surface area contributed by atoms with E-state index in [1.807, 2.05) is 0 Å². The van der Waals surface area contributed by atoms with Crippen LogP contribution in [0.5, 0.6) is 0 Å². The summed E-state index contributed by atoms with van der Waals surface area (Å²) >= 11 is 0. The summed E-state index contributed by atoms with van der Waals surface area (Å²) in [6, 6.07) is 0.360. The zero-order valence-corrected chi connectivity index (χ0v) is 10.7. The van der Waals surface area contributed by atoms with E-state index in [0.717, 1.165) is 13.0 Å². The second-order valence-electron chi connectivity index (χ2n) is 5.62. The van der Waals surface area contributed by atoms with E-state index >= 15 is 0 Å². The summed E-state index contributed by atoms with van der Waals surface area (Å²) in [7, 11) is 0. The minimum atomic E-state index is 0.360. The largest absolute Gasteiger partial charge is 0.327 e. The Hall–Kier alpha value is -0.0800. The lowest BCUT2D eigenvalue weighted by atomic mass is 10.00. The predicted octanol–water partition coefficient (Wildman–Crippen LogP) is 2.53. The van der Waals surface area contributed by atoms with Crippen molar-refractivity contribution in [3.05, 3.63) is 0 Å². The van der Waals surface area contributed by atoms with Crippen LogP contribution >= 0.6 is 0 Å². The molecule has 1 rings (SSSR count). The van der Waals surface area contributed by atoms with E-state index in [1.54, 1.807) is 0 Å². The molecule has 1 aliphatic rings. The maximum Gasteiger partial charge on any atom is 0.00739 e. The van der Waals surface area contributed by atoms with Crippen molar-refractivity contribution in [1.29, 1.82) is 0 Å². The van der Waals surface area contributed by atoms with Gasteiger partial charge >= 0.3 is 0 Å². The molecule has 1 aliphatic carbocycles. The maximum absolute atomic E-state index is 6.00. The zero-order chi connectivity index (χ0) is 11.3. The average molecular weight is 212 g/mol. The van der Waals surface area contributed by atoms with Gasteiger partial charge in [-0.2, -0.15) is 0 Å². The Balaban J connectivity index is 2.02. The SMILES string of the molecule is CCCC1(CNCCC(N)C(C)C)CC1. The van der Waals surface area contributed by atoms with Crippen LogP contribution in [0.25, 0.3) is 0 Å². The van der Waals surface area contributed by atoms with Gasteiger partial charge in [-0.25, -0.2) is 0 Å². The molecule has 0 radical (unpaired) electrons. The second kappa shape index (κ2) is 5.86. The number of rotatable bonds is 8. The predicted molar refractivity (Wildman–Crippen MR) is 66.9 cm³/mol. The van der Waals surface area contributed by atoms with E-state index in [9.17, 15) is 0 Å². The van der Waals surface area contributed by atoms with Gasteiger partial charge < -0.3 is 11.1 Å². The molecule has 2 heteroatoms. The minimum Gasteiger partial charge on any atom is -0.327 e. The van der Waals surface area contributed by atoms with Crippen molar-refractivity contribution >= 4 is 0 Å². The Morgan fingerprint density at radius 2 is 2.00 bits per heavy atom. The number of nitrogens with one attached hydrogen (secondary N) is 1. The standard InChI is InChI=1S/C13H28N2/c1-4-6-13(7-8-13)10-15-9-5-12(14)11(2)3/h11-12,15H,4-10,14H2,1-3H3. The van der Waals surface area contributed by atoms with Gasteiger partial charge in [-0.3, -0.25) is 0 Å². The maximum atomic E-state index is 6.00. The van der Waals surface area contributed by atoms with Crippen molar-refractivity contribution in [2.75, 3.05) is 13.1 Å². The van der Waals surface area contributed by atoms with Crippen molar-refractivity contribution in [3.8, 4) is 0 Å². The summed E-state index contributed by atoms with van der Waals surface area (Å²) in [6.45, 7) is 8.99. The van der Waals surface area contributed by atoms with E-state index in [2.05, 4.69) is 26.1 Å². The summed E-state index contributed by atoms with van der Waals surface area (Å²) in [5, 5.41) is 3.58. The van der Waals surface area contributed by atoms with Crippen LogP contribution in [-0.2, 0) is 0 Å². The van der Waals surface area contributed by atoms with Gasteiger partial charge in [0.05, 0.1) is 0 Å². The summed E-state index contributed by atoms with van der Waals surface area (Å²) < 4.78 is 0. The molecular weight excluding hydrogens is 184 g/mol. The fourth-order valence-electron chi connectivity index (χ4n) is 2.18. The van der Waals surface area contributed by atoms with Crippen molar-refractivity contribution in [3.63, 3.8) is 0 Å². The van der Waals surface area contributed by atoms with Gasteiger partial charge in [0.2, 0.25) is 0 Å². The topological polar surface area (TPSA) is 38.0 Å². The van der Waals surface area contributed by atoms with Crippen molar-refractivity contribution in [1.82, 2.24) is 5.32 Å². The van der Waals surface area contributed by atoms with E-state index in [0.29, 0.717) is 17.4 Å². The molecule has 1 fully saturated rings. The van der Waals surface area contributed by atoms with Gasteiger partial charge in [-0.05, 0) is 43.6 Å². The molecule has 0 amide bonds. The first-order valence-corrected chi connectivity index (χ1v) is 6.56. The normalized spacial score (nSPS) is 20.6. The quantitative estimate of drug-likeness (QED) is 0.607. The molecule has 90 valence electrons. The Morgan fingerprint density at radius 3 is 2.47 bits per heavy atom. The number of hydrogen-bond acceptors (Lipinski definition) is 2. The van der Waals surface area contributed by atoms with Crippen LogP contribution in [0.2, 0.25) is 0 Å². The molecule has 15 heavy (non-hydrogen) atoms. The molecule has 0 saturated heterocycles. The van der Waals surface area contributed by atoms with Crippen molar-refractivity contribution in [2.24, 2.45) is 17.1 Å². The van der Waals surface area contributed by atoms with Crippen LogP contribution in [-0.4, -0.2) is 19.1 Å². The first-order valence-electron chi connectivity index (χ1n) is 6.56. The van der Waals surface area contributed by atoms with Gasteiger partial charge in [-0.15, -0.1) is 0 Å². The third kappa shape index (κ3) is 4.52. The molecule has 0 aromatic heterocycles. The molecule has 1 saturated carbocycles. The van der Waals surface area contributed by atoms with E-state index in [4.69, 9.17) is 5.73 Å². The molecule has 1 unspecified atom stereocenters. The highest BCUT2D eigenvalue weighted by Crippen LogP contribution is 2.48. The first-order chi connectivity index (χ1) is 7.09. The average Bonchev–Trinajstić information content (AvgIpc) is 2.93. The smallest absolute Gasteiger partial charge is 0.00739 e. The van der Waals surface area contributed by atoms with E-state index in [1.165, 1.54) is 32.2 Å². The van der Waals surface area contributed by atoms with Crippen LogP contribution in [0.3, 0.4) is 0 Å². The van der Waals surface area contributed by atoms with Gasteiger partial charge in [0.25, 0.3) is 0 Å². The Kier molecular flexibility index (Phi) is 5.07. The Bertz CT molecular complexity index is 173. The lowest BCUT2D eigenvalue weighted by Gasteiger charge is -2.18. The highest BCUT2D eigenvalue weighted by molar-refractivity contribution is 4.94. The molecule has 2 nitrogen and oxygen atoms in total. The van der Waals surface area contributed by atoms with Crippen LogP contribution in [0.4, 0.5) is 0 Å². The monoisotopic (exact) mass is 212 g/mol. The molecular formula is C13H28N2. The highest BCUT2D eigenvalue weighted by Gasteiger charge is 2.40. The third-order valence-electron chi connectivity index (χ3n) is 3.75. The number of nitrogens with two attached hydrogens (primary N) is 1. The number of hydrogen-bond donors (Lipinski definition) is 2. The van der Waals surface area contributed by atoms with E-state index in [-0.39, 0.29) is 0 Å². The molecule has 0 bridgehead atoms. The van der Waals surface area contributed by atoms with Crippen molar-refractivity contribution < 1.29 is 0 Å². The Labute approximate surface area is 95.0 Å². The van der Waals surface area contributed by atoms with Gasteiger partial charge in [0, 0.05) is 12.6 Å². The van der Waals surface area contributed by atoms with Gasteiger partial charge in [-0.1, -0.05) is 27.2 Å². The molecule has 0 heterocycles. The van der Waals surface area contributed by atoms with E-state index < -0.39 is 0 Å². The minimum absolute atomic E-state index is 0.360. The fraction of sp³-hybridized carbons (Fsp3) is 1.00. The van der Waals surface area contributed by atoms with Crippen LogP contribution in [0.1, 0.15) is 52.9 Å². The molecule has 0 aromatic rings. The molecule has 0 aromatic carbocycles. The summed E-state index contributed by atoms with van der Waals surface area (Å²) in [5.41, 5.74) is 6.68. The lowest BCUT2D eigenvalue weighted by Crippen LogP contribution is -2.33. The zero-order valence-electron chi connectivity index (χ0n) is 10.7. The molecule has 0 spiro atoms. The van der Waals surface area contributed by atoms with Crippen molar-refractivity contribution in [2.45, 2.75) is 58.9 Å². The highest BCUT2D eigenvalue weighted by atomic mass is 14.9. The molecule has 0 aliphatic heterocycles. The van der Waals surface area contributed by atoms with Crippen LogP contribution in [0.15, 0.2) is 0 Å². The molecule has 1 atom stereocenters. The summed E-state index contributed by atoms with van der Waals surface area (Å²) in [5.74, 6) is 0.609. The summed E-state index contributed by atoms with van der Waals surface area (Å²) in [6.07, 6.45) is 6.71. The van der Waals surface area contributed by atoms with Crippen LogP contribution < -0.4 is 11.1 Å². The second-order valence-corrected chi connectivity index (χ2v) is 5.62.